The number of halogens is 3. The van der Waals surface area contributed by atoms with Gasteiger partial charge in [-0.2, -0.15) is 13.2 Å². The summed E-state index contributed by atoms with van der Waals surface area (Å²) in [5.41, 5.74) is 0.762. The van der Waals surface area contributed by atoms with Crippen molar-refractivity contribution in [3.8, 4) is 0 Å². The molecule has 3 nitrogen and oxygen atoms in total. The SMILES string of the molecule is CC(Cc1ccccc1)C1OC(NC2CC2)=C(c2cccc(C(F)(F)F)c2)C1=O. The van der Waals surface area contributed by atoms with Gasteiger partial charge < -0.3 is 10.1 Å². The van der Waals surface area contributed by atoms with Crippen LogP contribution in [-0.2, 0) is 22.1 Å². The first-order valence-electron chi connectivity index (χ1n) is 9.76. The lowest BCUT2D eigenvalue weighted by atomic mass is 9.90. The van der Waals surface area contributed by atoms with E-state index in [-0.39, 0.29) is 28.9 Å². The van der Waals surface area contributed by atoms with Crippen LogP contribution < -0.4 is 5.32 Å². The number of ketones is 1. The third-order valence-electron chi connectivity index (χ3n) is 5.29. The van der Waals surface area contributed by atoms with E-state index in [9.17, 15) is 18.0 Å². The first kappa shape index (κ1) is 19.6. The molecule has 1 aliphatic carbocycles. The summed E-state index contributed by atoms with van der Waals surface area (Å²) in [6, 6.07) is 14.9. The molecule has 0 saturated heterocycles. The summed E-state index contributed by atoms with van der Waals surface area (Å²) in [5.74, 6) is -0.0816. The highest BCUT2D eigenvalue weighted by molar-refractivity contribution is 6.25. The zero-order chi connectivity index (χ0) is 20.6. The summed E-state index contributed by atoms with van der Waals surface area (Å²) in [5, 5.41) is 3.19. The molecular weight excluding hydrogens is 379 g/mol. The Kier molecular flexibility index (Phi) is 5.11. The maximum atomic E-state index is 13.2. The van der Waals surface area contributed by atoms with Gasteiger partial charge in [0.25, 0.3) is 0 Å². The van der Waals surface area contributed by atoms with Gasteiger partial charge in [-0.25, -0.2) is 0 Å². The van der Waals surface area contributed by atoms with Gasteiger partial charge in [0, 0.05) is 12.0 Å². The van der Waals surface area contributed by atoms with Gasteiger partial charge in [-0.15, -0.1) is 0 Å². The Morgan fingerprint density at radius 1 is 1.10 bits per heavy atom. The number of hydrogen-bond acceptors (Lipinski definition) is 3. The van der Waals surface area contributed by atoms with Gasteiger partial charge in [-0.3, -0.25) is 4.79 Å². The third-order valence-corrected chi connectivity index (χ3v) is 5.29. The molecule has 1 saturated carbocycles. The van der Waals surface area contributed by atoms with Gasteiger partial charge >= 0.3 is 6.18 Å². The van der Waals surface area contributed by atoms with Gasteiger partial charge in [-0.05, 0) is 42.5 Å². The first-order chi connectivity index (χ1) is 13.8. The van der Waals surface area contributed by atoms with Crippen molar-refractivity contribution >= 4 is 11.4 Å². The maximum absolute atomic E-state index is 13.2. The molecule has 152 valence electrons. The van der Waals surface area contributed by atoms with Gasteiger partial charge in [0.15, 0.2) is 12.0 Å². The Hall–Kier alpha value is -2.76. The lowest BCUT2D eigenvalue weighted by Crippen LogP contribution is -2.28. The summed E-state index contributed by atoms with van der Waals surface area (Å²) < 4.78 is 45.5. The maximum Gasteiger partial charge on any atom is 0.416 e. The largest absolute Gasteiger partial charge is 0.467 e. The Bertz CT molecular complexity index is 933. The molecule has 1 heterocycles. The van der Waals surface area contributed by atoms with E-state index >= 15 is 0 Å². The van der Waals surface area contributed by atoms with E-state index in [1.807, 2.05) is 37.3 Å². The number of ether oxygens (including phenoxy) is 1. The minimum absolute atomic E-state index is 0.121. The predicted octanol–water partition coefficient (Wildman–Crippen LogP) is 4.97. The molecule has 0 amide bonds. The molecule has 2 aromatic carbocycles. The highest BCUT2D eigenvalue weighted by Gasteiger charge is 2.41. The molecule has 2 unspecified atom stereocenters. The Morgan fingerprint density at radius 3 is 2.48 bits per heavy atom. The number of carbonyl (C=O) groups is 1. The van der Waals surface area contributed by atoms with E-state index in [0.29, 0.717) is 12.3 Å². The van der Waals surface area contributed by atoms with Crippen LogP contribution in [0.1, 0.15) is 36.5 Å². The summed E-state index contributed by atoms with van der Waals surface area (Å²) in [7, 11) is 0. The van der Waals surface area contributed by atoms with Crippen molar-refractivity contribution in [2.24, 2.45) is 5.92 Å². The van der Waals surface area contributed by atoms with Gasteiger partial charge in [0.2, 0.25) is 5.78 Å². The molecule has 0 aromatic heterocycles. The van der Waals surface area contributed by atoms with Gasteiger partial charge in [0.05, 0.1) is 11.1 Å². The van der Waals surface area contributed by atoms with Gasteiger partial charge in [-0.1, -0.05) is 49.4 Å². The molecule has 1 N–H and O–H groups in total. The van der Waals surface area contributed by atoms with Crippen LogP contribution in [0.25, 0.3) is 5.57 Å². The summed E-state index contributed by atoms with van der Waals surface area (Å²) in [6.07, 6.45) is -2.63. The number of rotatable bonds is 6. The Labute approximate surface area is 167 Å². The Morgan fingerprint density at radius 2 is 1.83 bits per heavy atom. The van der Waals surface area contributed by atoms with Crippen molar-refractivity contribution in [1.29, 1.82) is 0 Å². The second-order valence-corrected chi connectivity index (χ2v) is 7.77. The molecule has 4 rings (SSSR count). The second kappa shape index (κ2) is 7.58. The van der Waals surface area contributed by atoms with E-state index < -0.39 is 17.8 Å². The number of hydrogen-bond donors (Lipinski definition) is 1. The molecular formula is C23H22F3NO2. The molecule has 2 aromatic rings. The number of alkyl halides is 3. The zero-order valence-electron chi connectivity index (χ0n) is 16.0. The summed E-state index contributed by atoms with van der Waals surface area (Å²) >= 11 is 0. The van der Waals surface area contributed by atoms with Crippen LogP contribution in [0.3, 0.4) is 0 Å². The lowest BCUT2D eigenvalue weighted by Gasteiger charge is -2.19. The van der Waals surface area contributed by atoms with Crippen LogP contribution in [-0.4, -0.2) is 17.9 Å². The van der Waals surface area contributed by atoms with Crippen molar-refractivity contribution in [3.63, 3.8) is 0 Å². The van der Waals surface area contributed by atoms with E-state index in [1.54, 1.807) is 0 Å². The van der Waals surface area contributed by atoms with Crippen LogP contribution in [0.2, 0.25) is 0 Å². The fourth-order valence-corrected chi connectivity index (χ4v) is 3.60. The molecule has 29 heavy (non-hydrogen) atoms. The molecule has 0 radical (unpaired) electrons. The van der Waals surface area contributed by atoms with Crippen LogP contribution in [0.4, 0.5) is 13.2 Å². The predicted molar refractivity (Wildman–Crippen MR) is 104 cm³/mol. The molecule has 2 atom stereocenters. The number of nitrogens with one attached hydrogen (secondary N) is 1. The normalized spacial score (nSPS) is 20.6. The number of carbonyl (C=O) groups excluding carboxylic acids is 1. The molecule has 2 aliphatic rings. The van der Waals surface area contributed by atoms with Crippen molar-refractivity contribution in [2.45, 2.75) is 44.5 Å². The van der Waals surface area contributed by atoms with Crippen molar-refractivity contribution in [3.05, 3.63) is 77.2 Å². The van der Waals surface area contributed by atoms with E-state index in [1.165, 1.54) is 12.1 Å². The average molecular weight is 401 g/mol. The molecule has 0 spiro atoms. The van der Waals surface area contributed by atoms with E-state index in [2.05, 4.69) is 5.32 Å². The highest BCUT2D eigenvalue weighted by Crippen LogP contribution is 2.37. The third kappa shape index (κ3) is 4.31. The van der Waals surface area contributed by atoms with Crippen LogP contribution >= 0.6 is 0 Å². The fraction of sp³-hybridized carbons (Fsp3) is 0.348. The summed E-state index contributed by atoms with van der Waals surface area (Å²) in [4.78, 5) is 13.2. The fourth-order valence-electron chi connectivity index (χ4n) is 3.60. The topological polar surface area (TPSA) is 38.3 Å². The molecule has 0 bridgehead atoms. The minimum atomic E-state index is -4.47. The zero-order valence-corrected chi connectivity index (χ0v) is 16.0. The lowest BCUT2D eigenvalue weighted by molar-refractivity contribution is -0.137. The average Bonchev–Trinajstić information content (AvgIpc) is 3.44. The number of Topliss-reactive ketones (excluding diaryl/α,β-unsaturated/α-hetero) is 1. The molecule has 1 aliphatic heterocycles. The molecule has 6 heteroatoms. The van der Waals surface area contributed by atoms with E-state index in [4.69, 9.17) is 4.74 Å². The Balaban J connectivity index is 1.62. The smallest absolute Gasteiger partial charge is 0.416 e. The van der Waals surface area contributed by atoms with Crippen molar-refractivity contribution < 1.29 is 22.7 Å². The number of benzene rings is 2. The highest BCUT2D eigenvalue weighted by atomic mass is 19.4. The quantitative estimate of drug-likeness (QED) is 0.743. The second-order valence-electron chi connectivity index (χ2n) is 7.77. The van der Waals surface area contributed by atoms with Gasteiger partial charge in [0.1, 0.15) is 0 Å². The van der Waals surface area contributed by atoms with Crippen LogP contribution in [0.15, 0.2) is 60.5 Å². The minimum Gasteiger partial charge on any atom is -0.467 e. The monoisotopic (exact) mass is 401 g/mol. The van der Waals surface area contributed by atoms with Crippen molar-refractivity contribution in [2.75, 3.05) is 0 Å². The standard InChI is InChI=1S/C23H22F3NO2/c1-14(12-15-6-3-2-4-7-15)21-20(28)19(22(29-21)27-18-10-11-18)16-8-5-9-17(13-16)23(24,25)26/h2-9,13-14,18,21,27H,10-12H2,1H3. The van der Waals surface area contributed by atoms with Crippen molar-refractivity contribution in [1.82, 2.24) is 5.32 Å². The van der Waals surface area contributed by atoms with Crippen LogP contribution in [0.5, 0.6) is 0 Å². The van der Waals surface area contributed by atoms with E-state index in [0.717, 1.165) is 30.5 Å². The first-order valence-corrected chi connectivity index (χ1v) is 9.76. The summed E-state index contributed by atoms with van der Waals surface area (Å²) in [6.45, 7) is 1.93. The van der Waals surface area contributed by atoms with Crippen LogP contribution in [0, 0.1) is 5.92 Å². The molecule has 1 fully saturated rings.